The van der Waals surface area contributed by atoms with Crippen LogP contribution in [-0.4, -0.2) is 12.8 Å². The van der Waals surface area contributed by atoms with Gasteiger partial charge in [-0.25, -0.2) is 0 Å². The van der Waals surface area contributed by atoms with Crippen molar-refractivity contribution in [3.63, 3.8) is 0 Å². The van der Waals surface area contributed by atoms with E-state index in [1.165, 1.54) is 10.5 Å². The lowest BCUT2D eigenvalue weighted by Crippen LogP contribution is -2.13. The molecule has 0 saturated carbocycles. The molecule has 0 amide bonds. The predicted molar refractivity (Wildman–Crippen MR) is 60.2 cm³/mol. The van der Waals surface area contributed by atoms with E-state index in [4.69, 9.17) is 5.26 Å². The predicted octanol–water partition coefficient (Wildman–Crippen LogP) is 2.41. The van der Waals surface area contributed by atoms with Crippen LogP contribution in [-0.2, 0) is 6.54 Å². The second-order valence-corrected chi connectivity index (χ2v) is 3.81. The van der Waals surface area contributed by atoms with E-state index in [0.29, 0.717) is 6.42 Å². The topological polar surface area (TPSA) is 35.8 Å². The Bertz CT molecular complexity index is 300. The summed E-state index contributed by atoms with van der Waals surface area (Å²) in [6.07, 6.45) is 2.64. The van der Waals surface area contributed by atoms with E-state index < -0.39 is 0 Å². The highest BCUT2D eigenvalue weighted by atomic mass is 32.2. The minimum atomic E-state index is 0.572. The van der Waals surface area contributed by atoms with Crippen molar-refractivity contribution in [1.82, 2.24) is 5.32 Å². The molecule has 0 aliphatic rings. The third-order valence-electron chi connectivity index (χ3n) is 1.90. The minimum Gasteiger partial charge on any atom is -0.312 e. The zero-order valence-electron chi connectivity index (χ0n) is 8.29. The van der Waals surface area contributed by atoms with E-state index in [1.54, 1.807) is 11.8 Å². The number of nitrogens with one attached hydrogen (secondary N) is 1. The summed E-state index contributed by atoms with van der Waals surface area (Å²) in [5, 5.41) is 11.5. The maximum atomic E-state index is 8.34. The van der Waals surface area contributed by atoms with Crippen LogP contribution in [0.25, 0.3) is 0 Å². The van der Waals surface area contributed by atoms with Gasteiger partial charge in [0.2, 0.25) is 0 Å². The Balaban J connectivity index is 2.33. The van der Waals surface area contributed by atoms with Gasteiger partial charge in [0.15, 0.2) is 0 Å². The summed E-state index contributed by atoms with van der Waals surface area (Å²) in [5.74, 6) is 0. The minimum absolute atomic E-state index is 0.572. The first kappa shape index (κ1) is 11.1. The van der Waals surface area contributed by atoms with Crippen LogP contribution in [0.1, 0.15) is 12.0 Å². The summed E-state index contributed by atoms with van der Waals surface area (Å²) in [6.45, 7) is 1.61. The molecule has 0 bridgehead atoms. The molecular formula is C11H14N2S. The van der Waals surface area contributed by atoms with Gasteiger partial charge in [0.1, 0.15) is 0 Å². The SMILES string of the molecule is CSc1ccc(CNCCC#N)cc1. The van der Waals surface area contributed by atoms with Gasteiger partial charge in [-0.05, 0) is 24.0 Å². The molecule has 0 aromatic heterocycles. The van der Waals surface area contributed by atoms with Gasteiger partial charge in [0.05, 0.1) is 6.07 Å². The molecule has 74 valence electrons. The first-order valence-corrected chi connectivity index (χ1v) is 5.80. The average Bonchev–Trinajstić information content (AvgIpc) is 2.25. The van der Waals surface area contributed by atoms with Crippen LogP contribution in [0, 0.1) is 11.3 Å². The standard InChI is InChI=1S/C11H14N2S/c1-14-11-5-3-10(4-6-11)9-13-8-2-7-12/h3-6,13H,2,8-9H2,1H3. The van der Waals surface area contributed by atoms with Gasteiger partial charge in [-0.15, -0.1) is 11.8 Å². The van der Waals surface area contributed by atoms with Crippen molar-refractivity contribution >= 4 is 11.8 Å². The molecule has 1 rings (SSSR count). The molecule has 0 radical (unpaired) electrons. The Morgan fingerprint density at radius 2 is 2.07 bits per heavy atom. The third kappa shape index (κ3) is 3.82. The second-order valence-electron chi connectivity index (χ2n) is 2.93. The third-order valence-corrected chi connectivity index (χ3v) is 2.65. The smallest absolute Gasteiger partial charge is 0.0635 e. The number of hydrogen-bond donors (Lipinski definition) is 1. The van der Waals surface area contributed by atoms with Crippen LogP contribution in [0.15, 0.2) is 29.2 Å². The highest BCUT2D eigenvalue weighted by Gasteiger charge is 1.93. The molecule has 1 aromatic rings. The van der Waals surface area contributed by atoms with Crippen molar-refractivity contribution in [2.24, 2.45) is 0 Å². The highest BCUT2D eigenvalue weighted by molar-refractivity contribution is 7.98. The molecule has 1 aromatic carbocycles. The van der Waals surface area contributed by atoms with Crippen molar-refractivity contribution in [2.45, 2.75) is 17.9 Å². The number of benzene rings is 1. The van der Waals surface area contributed by atoms with Crippen molar-refractivity contribution in [2.75, 3.05) is 12.8 Å². The van der Waals surface area contributed by atoms with E-state index in [9.17, 15) is 0 Å². The van der Waals surface area contributed by atoms with E-state index in [-0.39, 0.29) is 0 Å². The van der Waals surface area contributed by atoms with E-state index in [2.05, 4.69) is 41.9 Å². The summed E-state index contributed by atoms with van der Waals surface area (Å²) < 4.78 is 0. The van der Waals surface area contributed by atoms with Gasteiger partial charge in [-0.2, -0.15) is 5.26 Å². The van der Waals surface area contributed by atoms with Gasteiger partial charge in [0.25, 0.3) is 0 Å². The van der Waals surface area contributed by atoms with Gasteiger partial charge in [0, 0.05) is 24.4 Å². The maximum Gasteiger partial charge on any atom is 0.0635 e. The lowest BCUT2D eigenvalue weighted by atomic mass is 10.2. The molecule has 0 saturated heterocycles. The van der Waals surface area contributed by atoms with Crippen LogP contribution >= 0.6 is 11.8 Å². The number of nitriles is 1. The molecule has 2 nitrogen and oxygen atoms in total. The quantitative estimate of drug-likeness (QED) is 0.593. The Labute approximate surface area is 89.3 Å². The molecule has 0 spiro atoms. The molecular weight excluding hydrogens is 192 g/mol. The fourth-order valence-electron chi connectivity index (χ4n) is 1.12. The number of rotatable bonds is 5. The van der Waals surface area contributed by atoms with Crippen LogP contribution in [0.2, 0.25) is 0 Å². The zero-order valence-corrected chi connectivity index (χ0v) is 9.10. The van der Waals surface area contributed by atoms with Crippen LogP contribution in [0.5, 0.6) is 0 Å². The first-order chi connectivity index (χ1) is 6.86. The van der Waals surface area contributed by atoms with Gasteiger partial charge < -0.3 is 5.32 Å². The summed E-state index contributed by atoms with van der Waals surface area (Å²) in [6, 6.07) is 10.6. The maximum absolute atomic E-state index is 8.34. The Kier molecular flexibility index (Phi) is 5.13. The lowest BCUT2D eigenvalue weighted by molar-refractivity contribution is 0.698. The summed E-state index contributed by atoms with van der Waals surface area (Å²) in [7, 11) is 0. The van der Waals surface area contributed by atoms with E-state index in [1.807, 2.05) is 0 Å². The van der Waals surface area contributed by atoms with Crippen molar-refractivity contribution in [1.29, 1.82) is 5.26 Å². The number of nitrogens with zero attached hydrogens (tertiary/aromatic N) is 1. The number of hydrogen-bond acceptors (Lipinski definition) is 3. The van der Waals surface area contributed by atoms with Crippen LogP contribution in [0.4, 0.5) is 0 Å². The average molecular weight is 206 g/mol. The molecule has 0 atom stereocenters. The molecule has 3 heteroatoms. The molecule has 0 heterocycles. The normalized spacial score (nSPS) is 9.71. The monoisotopic (exact) mass is 206 g/mol. The van der Waals surface area contributed by atoms with Crippen molar-refractivity contribution < 1.29 is 0 Å². The van der Waals surface area contributed by atoms with Gasteiger partial charge in [-0.3, -0.25) is 0 Å². The summed E-state index contributed by atoms with van der Waals surface area (Å²) in [4.78, 5) is 1.28. The van der Waals surface area contributed by atoms with Crippen LogP contribution in [0.3, 0.4) is 0 Å². The fourth-order valence-corrected chi connectivity index (χ4v) is 1.53. The lowest BCUT2D eigenvalue weighted by Gasteiger charge is -2.03. The summed E-state index contributed by atoms with van der Waals surface area (Å²) >= 11 is 1.75. The Morgan fingerprint density at radius 3 is 2.64 bits per heavy atom. The van der Waals surface area contributed by atoms with Gasteiger partial charge >= 0.3 is 0 Å². The first-order valence-electron chi connectivity index (χ1n) is 4.57. The molecule has 0 fully saturated rings. The molecule has 0 aliphatic carbocycles. The van der Waals surface area contributed by atoms with Gasteiger partial charge in [-0.1, -0.05) is 12.1 Å². The summed E-state index contributed by atoms with van der Waals surface area (Å²) in [5.41, 5.74) is 1.26. The van der Waals surface area contributed by atoms with E-state index in [0.717, 1.165) is 13.1 Å². The number of thioether (sulfide) groups is 1. The van der Waals surface area contributed by atoms with Crippen LogP contribution < -0.4 is 5.32 Å². The largest absolute Gasteiger partial charge is 0.312 e. The second kappa shape index (κ2) is 6.47. The molecule has 1 N–H and O–H groups in total. The van der Waals surface area contributed by atoms with Crippen molar-refractivity contribution in [3.8, 4) is 6.07 Å². The molecule has 0 unspecified atom stereocenters. The fraction of sp³-hybridized carbons (Fsp3) is 0.364. The van der Waals surface area contributed by atoms with E-state index >= 15 is 0 Å². The molecule has 14 heavy (non-hydrogen) atoms. The zero-order chi connectivity index (χ0) is 10.2. The Morgan fingerprint density at radius 1 is 1.36 bits per heavy atom. The van der Waals surface area contributed by atoms with Crippen molar-refractivity contribution in [3.05, 3.63) is 29.8 Å². The molecule has 0 aliphatic heterocycles. The highest BCUT2D eigenvalue weighted by Crippen LogP contribution is 2.14. The Hall–Kier alpha value is -0.980.